The minimum Gasteiger partial charge on any atom is -0.393 e. The van der Waals surface area contributed by atoms with Crippen LogP contribution < -0.4 is 0 Å². The van der Waals surface area contributed by atoms with E-state index in [1.54, 1.807) is 0 Å². The van der Waals surface area contributed by atoms with Gasteiger partial charge >= 0.3 is 0 Å². The molecule has 0 aliphatic carbocycles. The van der Waals surface area contributed by atoms with Crippen LogP contribution in [0, 0.1) is 0 Å². The van der Waals surface area contributed by atoms with Crippen molar-refractivity contribution < 1.29 is 28.8 Å². The van der Waals surface area contributed by atoms with Gasteiger partial charge in [0.1, 0.15) is 16.8 Å². The molecule has 0 aromatic heterocycles. The second kappa shape index (κ2) is 4.11. The Morgan fingerprint density at radius 3 is 1.52 bits per heavy atom. The number of rotatable bonds is 1. The molecule has 23 heavy (non-hydrogen) atoms. The van der Waals surface area contributed by atoms with Crippen LogP contribution in [0.25, 0.3) is 0 Å². The van der Waals surface area contributed by atoms with Gasteiger partial charge in [-0.1, -0.05) is 0 Å². The van der Waals surface area contributed by atoms with Crippen molar-refractivity contribution in [3.63, 3.8) is 0 Å². The van der Waals surface area contributed by atoms with Crippen LogP contribution in [-0.4, -0.2) is 51.5 Å². The highest BCUT2D eigenvalue weighted by Gasteiger charge is 2.84. The smallest absolute Gasteiger partial charge is 0.201 e. The first-order valence-corrected chi connectivity index (χ1v) is 8.21. The Morgan fingerprint density at radius 1 is 0.565 bits per heavy atom. The summed E-state index contributed by atoms with van der Waals surface area (Å²) in [6, 6.07) is 0. The Hall–Kier alpha value is -0.240. The number of hydrogen-bond acceptors (Lipinski definition) is 6. The van der Waals surface area contributed by atoms with Gasteiger partial charge in [0.05, 0.1) is 6.61 Å². The third-order valence-electron chi connectivity index (χ3n) is 6.21. The van der Waals surface area contributed by atoms with Crippen LogP contribution in [0.15, 0.2) is 0 Å². The highest BCUT2D eigenvalue weighted by molar-refractivity contribution is 5.28. The molecule has 0 aromatic carbocycles. The molecule has 6 heteroatoms. The summed E-state index contributed by atoms with van der Waals surface area (Å²) in [6.07, 6.45) is 0. The number of aliphatic hydroxyl groups excluding tert-OH is 1. The van der Waals surface area contributed by atoms with Gasteiger partial charge in [-0.2, -0.15) is 0 Å². The van der Waals surface area contributed by atoms with Gasteiger partial charge in [0.15, 0.2) is 17.2 Å². The average Bonchev–Trinajstić information content (AvgIpc) is 2.65. The number of fused-ring (bicyclic) bond motifs is 3. The second-order valence-electron chi connectivity index (χ2n) is 8.74. The van der Waals surface area contributed by atoms with Crippen LogP contribution in [0.1, 0.15) is 62.3 Å². The van der Waals surface area contributed by atoms with Crippen LogP contribution >= 0.6 is 0 Å². The van der Waals surface area contributed by atoms with E-state index in [2.05, 4.69) is 0 Å². The lowest BCUT2D eigenvalue weighted by Gasteiger charge is -2.63. The minimum absolute atomic E-state index is 0.228. The van der Waals surface area contributed by atoms with Crippen molar-refractivity contribution in [1.82, 2.24) is 0 Å². The van der Waals surface area contributed by atoms with Gasteiger partial charge in [-0.05, 0) is 62.3 Å². The van der Waals surface area contributed by atoms with Crippen LogP contribution in [-0.2, 0) is 23.7 Å². The Morgan fingerprint density at radius 2 is 1.00 bits per heavy atom. The summed E-state index contributed by atoms with van der Waals surface area (Å²) in [7, 11) is 0. The molecule has 0 saturated carbocycles. The van der Waals surface area contributed by atoms with Crippen molar-refractivity contribution >= 4 is 0 Å². The molecular formula is C17H30O6. The first-order chi connectivity index (χ1) is 10.1. The standard InChI is InChI=1S/C17H30O6/c1-11(2)19-14(6)13(5,10-18)23-17(9)16(8,15(14,7)20-11)21-12(3,4)22-17/h18H,10H2,1-9H3/t13-,14+,15+,16-,17+/m1/s1. The molecule has 3 aliphatic rings. The molecule has 0 unspecified atom stereocenters. The first-order valence-electron chi connectivity index (χ1n) is 8.21. The van der Waals surface area contributed by atoms with Crippen LogP contribution in [0.3, 0.4) is 0 Å². The Balaban J connectivity index is 2.26. The maximum atomic E-state index is 10.1. The van der Waals surface area contributed by atoms with E-state index in [1.807, 2.05) is 62.3 Å². The van der Waals surface area contributed by atoms with Gasteiger partial charge in [-0.15, -0.1) is 0 Å². The average molecular weight is 330 g/mol. The van der Waals surface area contributed by atoms with Gasteiger partial charge in [-0.3, -0.25) is 0 Å². The first kappa shape index (κ1) is 17.6. The van der Waals surface area contributed by atoms with Crippen molar-refractivity contribution in [2.24, 2.45) is 0 Å². The van der Waals surface area contributed by atoms with Crippen molar-refractivity contribution in [3.05, 3.63) is 0 Å². The third kappa shape index (κ3) is 1.80. The van der Waals surface area contributed by atoms with E-state index >= 15 is 0 Å². The lowest BCUT2D eigenvalue weighted by atomic mass is 9.61. The largest absolute Gasteiger partial charge is 0.393 e. The van der Waals surface area contributed by atoms with E-state index in [0.29, 0.717) is 0 Å². The summed E-state index contributed by atoms with van der Waals surface area (Å²) in [6.45, 7) is 16.7. The van der Waals surface area contributed by atoms with Crippen molar-refractivity contribution in [3.8, 4) is 0 Å². The molecule has 0 amide bonds. The third-order valence-corrected chi connectivity index (χ3v) is 6.21. The molecule has 0 aromatic rings. The van der Waals surface area contributed by atoms with E-state index in [4.69, 9.17) is 23.7 Å². The summed E-state index contributed by atoms with van der Waals surface area (Å²) >= 11 is 0. The molecule has 0 spiro atoms. The van der Waals surface area contributed by atoms with Crippen molar-refractivity contribution in [2.75, 3.05) is 6.61 Å². The number of aliphatic hydroxyl groups is 1. The lowest BCUT2D eigenvalue weighted by molar-refractivity contribution is -0.395. The molecular weight excluding hydrogens is 300 g/mol. The van der Waals surface area contributed by atoms with E-state index in [0.717, 1.165) is 0 Å². The monoisotopic (exact) mass is 330 g/mol. The number of ether oxygens (including phenoxy) is 5. The van der Waals surface area contributed by atoms with Crippen molar-refractivity contribution in [2.45, 2.75) is 102 Å². The molecule has 0 radical (unpaired) electrons. The van der Waals surface area contributed by atoms with Crippen LogP contribution in [0.2, 0.25) is 0 Å². The zero-order valence-corrected chi connectivity index (χ0v) is 15.7. The quantitative estimate of drug-likeness (QED) is 0.796. The Labute approximate surface area is 138 Å². The molecule has 0 bridgehead atoms. The minimum atomic E-state index is -1.09. The van der Waals surface area contributed by atoms with Gasteiger partial charge < -0.3 is 28.8 Å². The van der Waals surface area contributed by atoms with E-state index in [9.17, 15) is 5.11 Å². The molecule has 134 valence electrons. The summed E-state index contributed by atoms with van der Waals surface area (Å²) < 4.78 is 31.5. The van der Waals surface area contributed by atoms with E-state index in [1.165, 1.54) is 0 Å². The van der Waals surface area contributed by atoms with Crippen molar-refractivity contribution in [1.29, 1.82) is 0 Å². The zero-order valence-electron chi connectivity index (χ0n) is 15.7. The summed E-state index contributed by atoms with van der Waals surface area (Å²) in [4.78, 5) is 0. The molecule has 3 aliphatic heterocycles. The van der Waals surface area contributed by atoms with E-state index < -0.39 is 39.8 Å². The number of hydrogen-bond donors (Lipinski definition) is 1. The van der Waals surface area contributed by atoms with Gasteiger partial charge in [0.25, 0.3) is 0 Å². The molecule has 3 fully saturated rings. The lowest BCUT2D eigenvalue weighted by Crippen LogP contribution is -2.82. The Kier molecular flexibility index (Phi) is 3.14. The summed E-state index contributed by atoms with van der Waals surface area (Å²) in [5.74, 6) is -2.77. The summed E-state index contributed by atoms with van der Waals surface area (Å²) in [5.41, 5.74) is -3.79. The SMILES string of the molecule is CC1(C)O[C@@]2(C)O[C@](C)(CO)[C@]3(C)OC(C)(C)O[C@]3(C)[C@@]2(C)O1. The fourth-order valence-corrected chi connectivity index (χ4v) is 4.89. The maximum Gasteiger partial charge on any atom is 0.201 e. The van der Waals surface area contributed by atoms with Crippen LogP contribution in [0.5, 0.6) is 0 Å². The van der Waals surface area contributed by atoms with Gasteiger partial charge in [0.2, 0.25) is 5.79 Å². The fraction of sp³-hybridized carbons (Fsp3) is 1.00. The maximum absolute atomic E-state index is 10.1. The Bertz CT molecular complexity index is 547. The molecule has 3 saturated heterocycles. The molecule has 1 N–H and O–H groups in total. The topological polar surface area (TPSA) is 66.4 Å². The highest BCUT2D eigenvalue weighted by Crippen LogP contribution is 2.66. The zero-order chi connectivity index (χ0) is 17.7. The van der Waals surface area contributed by atoms with Crippen LogP contribution in [0.4, 0.5) is 0 Å². The van der Waals surface area contributed by atoms with Gasteiger partial charge in [0, 0.05) is 0 Å². The molecule has 5 atom stereocenters. The summed E-state index contributed by atoms with van der Waals surface area (Å²) in [5, 5.41) is 10.1. The molecule has 3 heterocycles. The highest BCUT2D eigenvalue weighted by atomic mass is 16.9. The predicted octanol–water partition coefficient (Wildman–Crippen LogP) is 2.33. The fourth-order valence-electron chi connectivity index (χ4n) is 4.89. The molecule has 3 rings (SSSR count). The second-order valence-corrected chi connectivity index (χ2v) is 8.74. The normalized spacial score (nSPS) is 57.1. The van der Waals surface area contributed by atoms with E-state index in [-0.39, 0.29) is 6.61 Å². The van der Waals surface area contributed by atoms with Gasteiger partial charge in [-0.25, -0.2) is 0 Å². The predicted molar refractivity (Wildman–Crippen MR) is 82.7 cm³/mol. The molecule has 6 nitrogen and oxygen atoms in total.